The molecule has 27 heavy (non-hydrogen) atoms. The Morgan fingerprint density at radius 1 is 1.07 bits per heavy atom. The second-order valence-corrected chi connectivity index (χ2v) is 6.93. The molecule has 1 atom stereocenters. The van der Waals surface area contributed by atoms with Gasteiger partial charge in [-0.2, -0.15) is 0 Å². The fourth-order valence-corrected chi connectivity index (χ4v) is 4.02. The Morgan fingerprint density at radius 3 is 2.70 bits per heavy atom. The normalized spacial score (nSPS) is 21.0. The molecule has 3 amide bonds. The number of carbonyl (C=O) groups is 2. The lowest BCUT2D eigenvalue weighted by Crippen LogP contribution is -2.41. The minimum Gasteiger partial charge on any atom is -0.359 e. The third kappa shape index (κ3) is 2.37. The first-order valence-electron chi connectivity index (χ1n) is 8.91. The molecule has 1 fully saturated rings. The van der Waals surface area contributed by atoms with Crippen LogP contribution in [0.2, 0.25) is 0 Å². The molecule has 0 unspecified atom stereocenters. The maximum atomic E-state index is 13.2. The zero-order valence-corrected chi connectivity index (χ0v) is 14.5. The summed E-state index contributed by atoms with van der Waals surface area (Å²) in [5.41, 5.74) is 2.66. The molecule has 6 nitrogen and oxygen atoms in total. The number of nitrogens with zero attached hydrogens (tertiary/aromatic N) is 2. The highest BCUT2D eigenvalue weighted by Gasteiger charge is 2.55. The molecule has 1 spiro atoms. The summed E-state index contributed by atoms with van der Waals surface area (Å²) in [7, 11) is 0. The second-order valence-electron chi connectivity index (χ2n) is 6.93. The Labute approximate surface area is 155 Å². The summed E-state index contributed by atoms with van der Waals surface area (Å²) < 4.78 is 5.37. The van der Waals surface area contributed by atoms with Crippen LogP contribution in [0, 0.1) is 0 Å². The number of aryl methyl sites for hydroxylation is 1. The van der Waals surface area contributed by atoms with Crippen molar-refractivity contribution in [3.8, 4) is 11.3 Å². The molecule has 0 radical (unpaired) electrons. The van der Waals surface area contributed by atoms with Crippen molar-refractivity contribution in [3.63, 3.8) is 0 Å². The number of benzene rings is 2. The lowest BCUT2D eigenvalue weighted by Gasteiger charge is -2.22. The highest BCUT2D eigenvalue weighted by Crippen LogP contribution is 2.41. The number of amides is 3. The van der Waals surface area contributed by atoms with Crippen molar-refractivity contribution in [1.29, 1.82) is 0 Å². The Hall–Kier alpha value is -3.41. The fraction of sp³-hybridized carbons (Fsp3) is 0.190. The predicted octanol–water partition coefficient (Wildman–Crippen LogP) is 3.24. The number of aromatic nitrogens is 1. The summed E-state index contributed by atoms with van der Waals surface area (Å²) in [6.07, 6.45) is 1.36. The van der Waals surface area contributed by atoms with Gasteiger partial charge in [0.25, 0.3) is 5.91 Å². The Morgan fingerprint density at radius 2 is 1.85 bits per heavy atom. The number of carbonyl (C=O) groups excluding carboxylic acids is 2. The number of nitrogens with one attached hydrogen (secondary N) is 1. The maximum Gasteiger partial charge on any atom is 0.325 e. The predicted molar refractivity (Wildman–Crippen MR) is 97.5 cm³/mol. The Balaban J connectivity index is 1.42. The maximum absolute atomic E-state index is 13.2. The van der Waals surface area contributed by atoms with Gasteiger partial charge in [0.1, 0.15) is 11.2 Å². The minimum atomic E-state index is -0.948. The van der Waals surface area contributed by atoms with Crippen LogP contribution >= 0.6 is 0 Å². The third-order valence-corrected chi connectivity index (χ3v) is 5.36. The van der Waals surface area contributed by atoms with Crippen LogP contribution in [0.3, 0.4) is 0 Å². The zero-order chi connectivity index (χ0) is 18.4. The average molecular weight is 359 g/mol. The molecule has 1 aliphatic heterocycles. The molecule has 2 aromatic carbocycles. The molecule has 5 rings (SSSR count). The summed E-state index contributed by atoms with van der Waals surface area (Å²) >= 11 is 0. The SMILES string of the molecule is O=C1N[C@@]2(CCc3ccccc32)C(=O)N1Cc1cc(-c2ccccc2)no1. The van der Waals surface area contributed by atoms with Crippen molar-refractivity contribution in [3.05, 3.63) is 77.6 Å². The summed E-state index contributed by atoms with van der Waals surface area (Å²) in [5.74, 6) is 0.246. The van der Waals surface area contributed by atoms with Crippen LogP contribution in [0.1, 0.15) is 23.3 Å². The molecule has 0 saturated carbocycles. The van der Waals surface area contributed by atoms with E-state index < -0.39 is 11.6 Å². The molecule has 134 valence electrons. The molecule has 1 saturated heterocycles. The van der Waals surface area contributed by atoms with Crippen molar-refractivity contribution in [1.82, 2.24) is 15.4 Å². The molecule has 6 heteroatoms. The van der Waals surface area contributed by atoms with Gasteiger partial charge in [-0.15, -0.1) is 0 Å². The largest absolute Gasteiger partial charge is 0.359 e. The monoisotopic (exact) mass is 359 g/mol. The van der Waals surface area contributed by atoms with Gasteiger partial charge in [-0.25, -0.2) is 4.79 Å². The first-order valence-corrected chi connectivity index (χ1v) is 8.91. The average Bonchev–Trinajstić information content (AvgIpc) is 3.38. The van der Waals surface area contributed by atoms with Crippen LogP contribution < -0.4 is 5.32 Å². The van der Waals surface area contributed by atoms with E-state index in [-0.39, 0.29) is 12.5 Å². The zero-order valence-electron chi connectivity index (χ0n) is 14.5. The van der Waals surface area contributed by atoms with Gasteiger partial charge in [-0.3, -0.25) is 9.69 Å². The number of fused-ring (bicyclic) bond motifs is 2. The summed E-state index contributed by atoms with van der Waals surface area (Å²) in [5, 5.41) is 6.98. The summed E-state index contributed by atoms with van der Waals surface area (Å²) in [6.45, 7) is 0.0639. The van der Waals surface area contributed by atoms with Crippen molar-refractivity contribution in [2.75, 3.05) is 0 Å². The molecule has 1 N–H and O–H groups in total. The van der Waals surface area contributed by atoms with Gasteiger partial charge in [0.15, 0.2) is 5.76 Å². The van der Waals surface area contributed by atoms with E-state index in [4.69, 9.17) is 4.52 Å². The van der Waals surface area contributed by atoms with Crippen LogP contribution in [0.25, 0.3) is 11.3 Å². The molecule has 3 aromatic rings. The van der Waals surface area contributed by atoms with E-state index in [1.165, 1.54) is 4.90 Å². The number of urea groups is 1. The summed E-state index contributed by atoms with van der Waals surface area (Å²) in [4.78, 5) is 27.0. The van der Waals surface area contributed by atoms with Crippen molar-refractivity contribution in [2.45, 2.75) is 24.9 Å². The van der Waals surface area contributed by atoms with Gasteiger partial charge >= 0.3 is 6.03 Å². The van der Waals surface area contributed by atoms with E-state index in [2.05, 4.69) is 10.5 Å². The van der Waals surface area contributed by atoms with Gasteiger partial charge in [0.05, 0.1) is 6.54 Å². The molecule has 2 heterocycles. The van der Waals surface area contributed by atoms with Crippen LogP contribution in [-0.2, 0) is 23.3 Å². The number of hydrogen-bond acceptors (Lipinski definition) is 4. The van der Waals surface area contributed by atoms with E-state index in [1.54, 1.807) is 6.07 Å². The first kappa shape index (κ1) is 15.8. The number of imide groups is 1. The quantitative estimate of drug-likeness (QED) is 0.729. The van der Waals surface area contributed by atoms with Gasteiger partial charge in [-0.1, -0.05) is 59.8 Å². The van der Waals surface area contributed by atoms with Crippen LogP contribution in [-0.4, -0.2) is 22.0 Å². The molecular weight excluding hydrogens is 342 g/mol. The van der Waals surface area contributed by atoms with E-state index >= 15 is 0 Å². The Kier molecular flexibility index (Phi) is 3.40. The van der Waals surface area contributed by atoms with E-state index in [1.807, 2.05) is 54.6 Å². The van der Waals surface area contributed by atoms with Crippen molar-refractivity contribution >= 4 is 11.9 Å². The smallest absolute Gasteiger partial charge is 0.325 e. The van der Waals surface area contributed by atoms with Gasteiger partial charge in [0, 0.05) is 11.6 Å². The lowest BCUT2D eigenvalue weighted by atomic mass is 9.92. The third-order valence-electron chi connectivity index (χ3n) is 5.36. The highest BCUT2D eigenvalue weighted by atomic mass is 16.5. The van der Waals surface area contributed by atoms with Crippen molar-refractivity contribution in [2.24, 2.45) is 0 Å². The van der Waals surface area contributed by atoms with Gasteiger partial charge < -0.3 is 9.84 Å². The first-order chi connectivity index (χ1) is 13.2. The molecule has 2 aliphatic rings. The molecule has 0 bridgehead atoms. The second kappa shape index (κ2) is 5.81. The molecule has 1 aromatic heterocycles. The van der Waals surface area contributed by atoms with Gasteiger partial charge in [0.2, 0.25) is 0 Å². The summed E-state index contributed by atoms with van der Waals surface area (Å²) in [6, 6.07) is 18.8. The van der Waals surface area contributed by atoms with Crippen LogP contribution in [0.5, 0.6) is 0 Å². The molecular formula is C21H17N3O3. The fourth-order valence-electron chi connectivity index (χ4n) is 4.02. The van der Waals surface area contributed by atoms with Crippen LogP contribution in [0.4, 0.5) is 4.79 Å². The van der Waals surface area contributed by atoms with E-state index in [0.717, 1.165) is 23.1 Å². The highest BCUT2D eigenvalue weighted by molar-refractivity contribution is 6.08. The molecule has 1 aliphatic carbocycles. The number of rotatable bonds is 3. The Bertz CT molecular complexity index is 1040. The lowest BCUT2D eigenvalue weighted by molar-refractivity contribution is -0.132. The topological polar surface area (TPSA) is 75.4 Å². The number of hydrogen-bond donors (Lipinski definition) is 1. The minimum absolute atomic E-state index is 0.0639. The van der Waals surface area contributed by atoms with Crippen LogP contribution in [0.15, 0.2) is 65.2 Å². The standard InChI is InChI=1S/C21H17N3O3/c25-19-21(11-10-14-6-4-5-9-17(14)21)22-20(26)24(19)13-16-12-18(23-27-16)15-7-2-1-3-8-15/h1-9,12H,10-11,13H2,(H,22,26)/t21-/m1/s1. The van der Waals surface area contributed by atoms with Crippen molar-refractivity contribution < 1.29 is 14.1 Å². The van der Waals surface area contributed by atoms with E-state index in [9.17, 15) is 9.59 Å². The van der Waals surface area contributed by atoms with Gasteiger partial charge in [-0.05, 0) is 24.0 Å². The van der Waals surface area contributed by atoms with E-state index in [0.29, 0.717) is 17.9 Å².